The summed E-state index contributed by atoms with van der Waals surface area (Å²) in [5.41, 5.74) is -0.384. The summed E-state index contributed by atoms with van der Waals surface area (Å²) < 4.78 is 28.6. The molecule has 0 aliphatic heterocycles. The van der Waals surface area contributed by atoms with E-state index in [0.717, 1.165) is 0 Å². The van der Waals surface area contributed by atoms with Crippen LogP contribution in [0, 0.1) is 0 Å². The molecule has 1 N–H and O–H groups in total. The number of nitrogens with one attached hydrogen (secondary N) is 1. The van der Waals surface area contributed by atoms with Gasteiger partial charge in [0.1, 0.15) is 11.4 Å². The first kappa shape index (κ1) is 14.0. The van der Waals surface area contributed by atoms with Gasteiger partial charge in [0.15, 0.2) is 9.84 Å². The molecule has 1 aromatic rings. The van der Waals surface area contributed by atoms with Crippen molar-refractivity contribution in [3.8, 4) is 5.75 Å². The number of likely N-dealkylation sites (N-methyl/N-ethyl adjacent to an activating group) is 1. The van der Waals surface area contributed by atoms with Gasteiger partial charge in [0.05, 0.1) is 4.90 Å². The van der Waals surface area contributed by atoms with Crippen LogP contribution in [-0.2, 0) is 9.84 Å². The van der Waals surface area contributed by atoms with Crippen LogP contribution in [0.15, 0.2) is 29.2 Å². The molecular weight excluding hydrogens is 238 g/mol. The van der Waals surface area contributed by atoms with E-state index in [1.807, 2.05) is 20.9 Å². The van der Waals surface area contributed by atoms with Crippen LogP contribution in [-0.4, -0.2) is 33.9 Å². The number of benzene rings is 1. The van der Waals surface area contributed by atoms with Gasteiger partial charge in [-0.1, -0.05) is 6.07 Å². The van der Waals surface area contributed by atoms with Crippen molar-refractivity contribution in [2.24, 2.45) is 0 Å². The van der Waals surface area contributed by atoms with E-state index in [-0.39, 0.29) is 10.5 Å². The molecule has 1 aromatic carbocycles. The molecule has 4 nitrogen and oxygen atoms in total. The van der Waals surface area contributed by atoms with Crippen molar-refractivity contribution in [3.05, 3.63) is 24.3 Å². The lowest BCUT2D eigenvalue weighted by Crippen LogP contribution is -2.38. The SMILES string of the molecule is CNCC(C)(C)Oc1cccc(S(C)(=O)=O)c1. The molecule has 0 atom stereocenters. The summed E-state index contributed by atoms with van der Waals surface area (Å²) in [6, 6.07) is 6.55. The predicted molar refractivity (Wildman–Crippen MR) is 68.2 cm³/mol. The van der Waals surface area contributed by atoms with Gasteiger partial charge in [-0.05, 0) is 39.1 Å². The molecule has 0 heterocycles. The van der Waals surface area contributed by atoms with E-state index in [0.29, 0.717) is 12.3 Å². The molecular formula is C12H19NO3S. The minimum absolute atomic E-state index is 0.273. The fourth-order valence-electron chi connectivity index (χ4n) is 1.55. The summed E-state index contributed by atoms with van der Waals surface area (Å²) in [6.45, 7) is 4.56. The molecule has 0 aromatic heterocycles. The number of sulfone groups is 1. The molecule has 0 aliphatic rings. The first-order chi connectivity index (χ1) is 7.74. The van der Waals surface area contributed by atoms with Gasteiger partial charge in [0.25, 0.3) is 0 Å². The average Bonchev–Trinajstić information content (AvgIpc) is 2.15. The zero-order chi connectivity index (χ0) is 13.1. The van der Waals surface area contributed by atoms with Crippen LogP contribution in [0.5, 0.6) is 5.75 Å². The van der Waals surface area contributed by atoms with Gasteiger partial charge in [0.2, 0.25) is 0 Å². The van der Waals surface area contributed by atoms with Crippen LogP contribution in [0.25, 0.3) is 0 Å². The molecule has 0 saturated carbocycles. The molecule has 96 valence electrons. The molecule has 0 fully saturated rings. The van der Waals surface area contributed by atoms with Crippen LogP contribution in [0.1, 0.15) is 13.8 Å². The maximum absolute atomic E-state index is 11.4. The Morgan fingerprint density at radius 3 is 2.53 bits per heavy atom. The second-order valence-corrected chi connectivity index (χ2v) is 6.65. The van der Waals surface area contributed by atoms with Crippen molar-refractivity contribution in [1.29, 1.82) is 0 Å². The summed E-state index contributed by atoms with van der Waals surface area (Å²) >= 11 is 0. The average molecular weight is 257 g/mol. The summed E-state index contributed by atoms with van der Waals surface area (Å²) in [5, 5.41) is 3.03. The fourth-order valence-corrected chi connectivity index (χ4v) is 2.21. The quantitative estimate of drug-likeness (QED) is 0.868. The first-order valence-corrected chi connectivity index (χ1v) is 7.27. The zero-order valence-electron chi connectivity index (χ0n) is 10.6. The number of hydrogen-bond donors (Lipinski definition) is 1. The Balaban J connectivity index is 2.94. The Kier molecular flexibility index (Phi) is 4.16. The fraction of sp³-hybridized carbons (Fsp3) is 0.500. The number of ether oxygens (including phenoxy) is 1. The largest absolute Gasteiger partial charge is 0.487 e. The van der Waals surface area contributed by atoms with Crippen molar-refractivity contribution in [2.45, 2.75) is 24.3 Å². The van der Waals surface area contributed by atoms with Crippen molar-refractivity contribution in [3.63, 3.8) is 0 Å². The van der Waals surface area contributed by atoms with Crippen molar-refractivity contribution < 1.29 is 13.2 Å². The van der Waals surface area contributed by atoms with E-state index in [4.69, 9.17) is 4.74 Å². The molecule has 0 aliphatic carbocycles. The van der Waals surface area contributed by atoms with Gasteiger partial charge in [-0.25, -0.2) is 8.42 Å². The molecule has 0 bridgehead atoms. The smallest absolute Gasteiger partial charge is 0.175 e. The topological polar surface area (TPSA) is 55.4 Å². The number of rotatable bonds is 5. The highest BCUT2D eigenvalue weighted by Crippen LogP contribution is 2.21. The number of hydrogen-bond acceptors (Lipinski definition) is 4. The lowest BCUT2D eigenvalue weighted by Gasteiger charge is -2.26. The summed E-state index contributed by atoms with van der Waals surface area (Å²) in [7, 11) is -1.34. The summed E-state index contributed by atoms with van der Waals surface area (Å²) in [4.78, 5) is 0.273. The van der Waals surface area contributed by atoms with Crippen LogP contribution in [0.3, 0.4) is 0 Å². The highest BCUT2D eigenvalue weighted by Gasteiger charge is 2.19. The third-order valence-electron chi connectivity index (χ3n) is 2.23. The minimum atomic E-state index is -3.19. The van der Waals surface area contributed by atoms with Crippen molar-refractivity contribution in [2.75, 3.05) is 19.8 Å². The van der Waals surface area contributed by atoms with Gasteiger partial charge in [0, 0.05) is 12.8 Å². The van der Waals surface area contributed by atoms with E-state index in [9.17, 15) is 8.42 Å². The molecule has 17 heavy (non-hydrogen) atoms. The third-order valence-corrected chi connectivity index (χ3v) is 3.34. The molecule has 0 radical (unpaired) electrons. The predicted octanol–water partition coefficient (Wildman–Crippen LogP) is 1.47. The van der Waals surface area contributed by atoms with E-state index in [1.54, 1.807) is 24.3 Å². The molecule has 0 amide bonds. The van der Waals surface area contributed by atoms with Gasteiger partial charge in [-0.15, -0.1) is 0 Å². The summed E-state index contributed by atoms with van der Waals surface area (Å²) in [6.07, 6.45) is 1.19. The van der Waals surface area contributed by atoms with Gasteiger partial charge >= 0.3 is 0 Å². The zero-order valence-corrected chi connectivity index (χ0v) is 11.5. The Bertz CT molecular complexity index is 480. The van der Waals surface area contributed by atoms with Crippen molar-refractivity contribution >= 4 is 9.84 Å². The van der Waals surface area contributed by atoms with Crippen molar-refractivity contribution in [1.82, 2.24) is 5.32 Å². The first-order valence-electron chi connectivity index (χ1n) is 5.38. The minimum Gasteiger partial charge on any atom is -0.487 e. The van der Waals surface area contributed by atoms with Crippen LogP contribution >= 0.6 is 0 Å². The Morgan fingerprint density at radius 2 is 2.00 bits per heavy atom. The molecule has 5 heteroatoms. The lowest BCUT2D eigenvalue weighted by molar-refractivity contribution is 0.110. The highest BCUT2D eigenvalue weighted by atomic mass is 32.2. The Labute approximate surface area is 103 Å². The standard InChI is InChI=1S/C12H19NO3S/c1-12(2,9-13-3)16-10-6-5-7-11(8-10)17(4,14)15/h5-8,13H,9H2,1-4H3. The molecule has 0 saturated heterocycles. The van der Waals surface area contributed by atoms with Gasteiger partial charge in [-0.3, -0.25) is 0 Å². The van der Waals surface area contributed by atoms with E-state index in [1.165, 1.54) is 6.26 Å². The molecule has 0 spiro atoms. The van der Waals surface area contributed by atoms with Crippen LogP contribution in [0.2, 0.25) is 0 Å². The second-order valence-electron chi connectivity index (χ2n) is 4.64. The van der Waals surface area contributed by atoms with Gasteiger partial charge < -0.3 is 10.1 Å². The van der Waals surface area contributed by atoms with E-state index in [2.05, 4.69) is 5.32 Å². The van der Waals surface area contributed by atoms with Crippen LogP contribution in [0.4, 0.5) is 0 Å². The lowest BCUT2D eigenvalue weighted by atomic mass is 10.1. The normalized spacial score (nSPS) is 12.5. The van der Waals surface area contributed by atoms with E-state index >= 15 is 0 Å². The maximum Gasteiger partial charge on any atom is 0.175 e. The molecule has 0 unspecified atom stereocenters. The molecule has 1 rings (SSSR count). The monoisotopic (exact) mass is 257 g/mol. The highest BCUT2D eigenvalue weighted by molar-refractivity contribution is 7.90. The maximum atomic E-state index is 11.4. The van der Waals surface area contributed by atoms with E-state index < -0.39 is 9.84 Å². The van der Waals surface area contributed by atoms with Crippen LogP contribution < -0.4 is 10.1 Å². The van der Waals surface area contributed by atoms with Gasteiger partial charge in [-0.2, -0.15) is 0 Å². The summed E-state index contributed by atoms with van der Waals surface area (Å²) in [5.74, 6) is 0.563. The Morgan fingerprint density at radius 1 is 1.35 bits per heavy atom. The Hall–Kier alpha value is -1.07. The second kappa shape index (κ2) is 5.06. The third kappa shape index (κ3) is 4.36.